The summed E-state index contributed by atoms with van der Waals surface area (Å²) >= 11 is 0. The molecule has 0 saturated carbocycles. The third-order valence-corrected chi connectivity index (χ3v) is 4.49. The van der Waals surface area contributed by atoms with Gasteiger partial charge in [0.2, 0.25) is 5.91 Å². The normalized spacial score (nSPS) is 11.4. The van der Waals surface area contributed by atoms with Gasteiger partial charge in [-0.15, -0.1) is 0 Å². The molecule has 5 amide bonds. The van der Waals surface area contributed by atoms with Crippen LogP contribution in [0.2, 0.25) is 0 Å². The Morgan fingerprint density at radius 3 is 2.13 bits per heavy atom. The Bertz CT molecular complexity index is 717. The molecular formula is C21H36N4O5. The number of hydrogen-bond acceptors (Lipinski definition) is 5. The fourth-order valence-electron chi connectivity index (χ4n) is 2.89. The van der Waals surface area contributed by atoms with E-state index in [1.54, 1.807) is 0 Å². The van der Waals surface area contributed by atoms with E-state index >= 15 is 0 Å². The van der Waals surface area contributed by atoms with Crippen molar-refractivity contribution in [2.75, 3.05) is 20.1 Å². The Balaban J connectivity index is 2.94. The van der Waals surface area contributed by atoms with Gasteiger partial charge >= 0.3 is 12.1 Å². The molecule has 0 radical (unpaired) electrons. The Morgan fingerprint density at radius 1 is 1.10 bits per heavy atom. The Labute approximate surface area is 178 Å². The van der Waals surface area contributed by atoms with Crippen molar-refractivity contribution in [3.63, 3.8) is 0 Å². The number of hydrogen-bond donors (Lipinski definition) is 3. The number of carbonyl (C=O) groups is 3. The third kappa shape index (κ3) is 7.61. The number of amides is 5. The van der Waals surface area contributed by atoms with E-state index in [-0.39, 0.29) is 49.1 Å². The molecule has 30 heavy (non-hydrogen) atoms. The molecule has 0 fully saturated rings. The summed E-state index contributed by atoms with van der Waals surface area (Å²) in [7, 11) is 1.45. The summed E-state index contributed by atoms with van der Waals surface area (Å²) in [6.45, 7) is 10.3. The molecule has 0 atom stereocenters. The third-order valence-electron chi connectivity index (χ3n) is 4.49. The summed E-state index contributed by atoms with van der Waals surface area (Å²) in [5.41, 5.74) is -0.335. The number of rotatable bonds is 8. The highest BCUT2D eigenvalue weighted by molar-refractivity contribution is 6.01. The van der Waals surface area contributed by atoms with Crippen molar-refractivity contribution in [2.24, 2.45) is 11.3 Å². The highest BCUT2D eigenvalue weighted by atomic mass is 16.3. The summed E-state index contributed by atoms with van der Waals surface area (Å²) in [5.74, 6) is -0.306. The number of urea groups is 2. The van der Waals surface area contributed by atoms with Gasteiger partial charge in [-0.2, -0.15) is 0 Å². The van der Waals surface area contributed by atoms with E-state index in [9.17, 15) is 24.6 Å². The second-order valence-electron chi connectivity index (χ2n) is 9.02. The maximum atomic E-state index is 13.2. The lowest BCUT2D eigenvalue weighted by atomic mass is 9.96. The number of aromatic nitrogens is 1. The van der Waals surface area contributed by atoms with E-state index in [0.717, 1.165) is 9.80 Å². The van der Waals surface area contributed by atoms with Crippen molar-refractivity contribution in [1.82, 2.24) is 19.7 Å². The summed E-state index contributed by atoms with van der Waals surface area (Å²) in [6.07, 6.45) is 0.977. The Hall–Kier alpha value is -2.71. The summed E-state index contributed by atoms with van der Waals surface area (Å²) in [5, 5.41) is 21.9. The van der Waals surface area contributed by atoms with Crippen LogP contribution >= 0.6 is 0 Å². The van der Waals surface area contributed by atoms with E-state index in [2.05, 4.69) is 5.32 Å². The van der Waals surface area contributed by atoms with E-state index in [4.69, 9.17) is 0 Å². The number of nitrogens with zero attached hydrogens (tertiary/aromatic N) is 3. The maximum Gasteiger partial charge on any atom is 0.334 e. The first-order chi connectivity index (χ1) is 13.9. The first-order valence-electron chi connectivity index (χ1n) is 10.3. The van der Waals surface area contributed by atoms with Crippen molar-refractivity contribution >= 4 is 18.0 Å². The monoisotopic (exact) mass is 424 g/mol. The topological polar surface area (TPSA) is 115 Å². The average Bonchev–Trinajstić information content (AvgIpc) is 2.96. The molecule has 0 saturated heterocycles. The van der Waals surface area contributed by atoms with Crippen molar-refractivity contribution < 1.29 is 24.6 Å². The van der Waals surface area contributed by atoms with Crippen LogP contribution in [0.15, 0.2) is 12.1 Å². The van der Waals surface area contributed by atoms with Crippen molar-refractivity contribution in [2.45, 2.75) is 60.4 Å². The van der Waals surface area contributed by atoms with Crippen LogP contribution in [0.25, 0.3) is 0 Å². The molecule has 1 aromatic heterocycles. The number of imide groups is 2. The van der Waals surface area contributed by atoms with E-state index in [1.807, 2.05) is 34.6 Å². The zero-order chi connectivity index (χ0) is 23.1. The first-order valence-corrected chi connectivity index (χ1v) is 10.3. The van der Waals surface area contributed by atoms with Crippen LogP contribution in [0.3, 0.4) is 0 Å². The fraction of sp³-hybridized carbons (Fsp3) is 0.667. The summed E-state index contributed by atoms with van der Waals surface area (Å²) in [6, 6.07) is 1.54. The molecular weight excluding hydrogens is 388 g/mol. The highest BCUT2D eigenvalue weighted by Crippen LogP contribution is 2.22. The predicted octanol–water partition coefficient (Wildman–Crippen LogP) is 3.36. The number of aromatic hydroxyl groups is 2. The van der Waals surface area contributed by atoms with Crippen LogP contribution < -0.4 is 5.32 Å². The maximum absolute atomic E-state index is 13.2. The van der Waals surface area contributed by atoms with Crippen LogP contribution in [-0.4, -0.2) is 62.7 Å². The van der Waals surface area contributed by atoms with Crippen molar-refractivity contribution in [3.8, 4) is 11.8 Å². The SMILES string of the molecule is CNC(=O)N(CC(C)(C)C)C(=O)N(CCC(C)C)C(=O)CCCn1c(O)ccc1O. The van der Waals surface area contributed by atoms with Crippen molar-refractivity contribution in [1.29, 1.82) is 0 Å². The van der Waals surface area contributed by atoms with E-state index in [0.29, 0.717) is 12.8 Å². The zero-order valence-corrected chi connectivity index (χ0v) is 18.9. The summed E-state index contributed by atoms with van der Waals surface area (Å²) < 4.78 is 1.28. The molecule has 0 spiro atoms. The fourth-order valence-corrected chi connectivity index (χ4v) is 2.89. The molecule has 170 valence electrons. The molecule has 0 unspecified atom stereocenters. The molecule has 9 nitrogen and oxygen atoms in total. The second-order valence-corrected chi connectivity index (χ2v) is 9.02. The molecule has 0 aliphatic carbocycles. The molecule has 1 aromatic rings. The minimum absolute atomic E-state index is 0.0397. The van der Waals surface area contributed by atoms with Gasteiger partial charge < -0.3 is 15.5 Å². The molecule has 0 aliphatic heterocycles. The van der Waals surface area contributed by atoms with Crippen LogP contribution in [0.5, 0.6) is 11.8 Å². The minimum Gasteiger partial charge on any atom is -0.494 e. The zero-order valence-electron chi connectivity index (χ0n) is 18.9. The standard InChI is InChI=1S/C21H36N4O5/c1-15(2)11-13-24(20(30)25(19(29)22-6)14-21(3,4)5)16(26)8-7-12-23-17(27)9-10-18(23)28/h9-10,15,27-28H,7-8,11-14H2,1-6H3,(H,22,29). The lowest BCUT2D eigenvalue weighted by molar-refractivity contribution is -0.129. The Morgan fingerprint density at radius 2 is 1.67 bits per heavy atom. The van der Waals surface area contributed by atoms with Gasteiger partial charge in [0.1, 0.15) is 0 Å². The molecule has 1 heterocycles. The van der Waals surface area contributed by atoms with Crippen LogP contribution in [0.1, 0.15) is 53.9 Å². The second kappa shape index (κ2) is 10.9. The lowest BCUT2D eigenvalue weighted by Gasteiger charge is -2.32. The van der Waals surface area contributed by atoms with Gasteiger partial charge in [-0.1, -0.05) is 34.6 Å². The van der Waals surface area contributed by atoms with Crippen LogP contribution in [-0.2, 0) is 11.3 Å². The highest BCUT2D eigenvalue weighted by Gasteiger charge is 2.32. The molecule has 9 heteroatoms. The number of nitrogens with one attached hydrogen (secondary N) is 1. The lowest BCUT2D eigenvalue weighted by Crippen LogP contribution is -2.53. The average molecular weight is 425 g/mol. The van der Waals surface area contributed by atoms with Gasteiger partial charge in [-0.3, -0.25) is 14.3 Å². The Kier molecular flexibility index (Phi) is 9.20. The van der Waals surface area contributed by atoms with Gasteiger partial charge in [0.05, 0.1) is 0 Å². The van der Waals surface area contributed by atoms with Gasteiger partial charge in [0.15, 0.2) is 11.8 Å². The largest absolute Gasteiger partial charge is 0.494 e. The van der Waals surface area contributed by atoms with Gasteiger partial charge in [-0.05, 0) is 24.2 Å². The van der Waals surface area contributed by atoms with Crippen LogP contribution in [0.4, 0.5) is 9.59 Å². The molecule has 0 aromatic carbocycles. The van der Waals surface area contributed by atoms with Gasteiger partial charge in [0, 0.05) is 45.2 Å². The summed E-state index contributed by atoms with van der Waals surface area (Å²) in [4.78, 5) is 40.6. The van der Waals surface area contributed by atoms with Gasteiger partial charge in [0.25, 0.3) is 0 Å². The molecule has 1 rings (SSSR count). The molecule has 3 N–H and O–H groups in total. The predicted molar refractivity (Wildman–Crippen MR) is 114 cm³/mol. The van der Waals surface area contributed by atoms with E-state index < -0.39 is 18.0 Å². The first kappa shape index (κ1) is 25.3. The van der Waals surface area contributed by atoms with Gasteiger partial charge in [-0.25, -0.2) is 14.5 Å². The van der Waals surface area contributed by atoms with E-state index in [1.165, 1.54) is 23.7 Å². The van der Waals surface area contributed by atoms with Crippen LogP contribution in [0, 0.1) is 11.3 Å². The smallest absolute Gasteiger partial charge is 0.334 e. The molecule has 0 bridgehead atoms. The quantitative estimate of drug-likeness (QED) is 0.592. The molecule has 0 aliphatic rings. The number of carbonyl (C=O) groups excluding carboxylic acids is 3. The van der Waals surface area contributed by atoms with Crippen molar-refractivity contribution in [3.05, 3.63) is 12.1 Å². The minimum atomic E-state index is -0.637.